The fraction of sp³-hybridized carbons (Fsp3) is 0.263. The molecule has 0 spiro atoms. The van der Waals surface area contributed by atoms with Gasteiger partial charge in [-0.3, -0.25) is 0 Å². The Morgan fingerprint density at radius 3 is 2.00 bits per heavy atom. The topological polar surface area (TPSA) is 69.9 Å². The fourth-order valence-corrected chi connectivity index (χ4v) is 2.43. The minimum Gasteiger partial charge on any atom is -0.478 e. The second-order valence-electron chi connectivity index (χ2n) is 6.61. The number of benzene rings is 2. The van der Waals surface area contributed by atoms with Gasteiger partial charge in [-0.05, 0) is 35.6 Å². The highest BCUT2D eigenvalue weighted by Gasteiger charge is 2.17. The van der Waals surface area contributed by atoms with Gasteiger partial charge in [0.15, 0.2) is 0 Å². The average molecular weight is 311 g/mol. The number of aromatic carboxylic acids is 1. The number of carboxylic acid groups (broad SMARTS) is 1. The van der Waals surface area contributed by atoms with Crippen LogP contribution in [-0.4, -0.2) is 22.0 Å². The van der Waals surface area contributed by atoms with Crippen molar-refractivity contribution in [2.24, 2.45) is 5.16 Å². The molecule has 120 valence electrons. The number of hydrogen-bond donors (Lipinski definition) is 2. The normalized spacial score (nSPS) is 12.3. The quantitative estimate of drug-likeness (QED) is 0.506. The van der Waals surface area contributed by atoms with E-state index >= 15 is 0 Å². The Bertz CT molecular complexity index is 753. The van der Waals surface area contributed by atoms with Crippen molar-refractivity contribution in [3.63, 3.8) is 0 Å². The Kier molecular flexibility index (Phi) is 4.55. The van der Waals surface area contributed by atoms with Gasteiger partial charge in [0.25, 0.3) is 0 Å². The van der Waals surface area contributed by atoms with Gasteiger partial charge in [-0.15, -0.1) is 0 Å². The molecule has 2 aromatic carbocycles. The van der Waals surface area contributed by atoms with Crippen molar-refractivity contribution in [3.8, 4) is 0 Å². The number of carbonyl (C=O) groups is 1. The van der Waals surface area contributed by atoms with E-state index in [0.29, 0.717) is 11.3 Å². The van der Waals surface area contributed by atoms with Gasteiger partial charge >= 0.3 is 5.97 Å². The van der Waals surface area contributed by atoms with E-state index in [-0.39, 0.29) is 11.0 Å². The van der Waals surface area contributed by atoms with Gasteiger partial charge in [0.05, 0.1) is 5.56 Å². The van der Waals surface area contributed by atoms with E-state index < -0.39 is 5.97 Å². The van der Waals surface area contributed by atoms with Crippen LogP contribution in [0.3, 0.4) is 0 Å². The standard InChI is InChI=1S/C19H21NO3/c1-12-11-15(19(2,3)4)9-10-16(12)17(20-23)13-5-7-14(8-6-13)18(21)22/h5-11,23H,1-4H3,(H,21,22). The third kappa shape index (κ3) is 3.59. The smallest absolute Gasteiger partial charge is 0.335 e. The average Bonchev–Trinajstić information content (AvgIpc) is 2.49. The van der Waals surface area contributed by atoms with Gasteiger partial charge in [0.2, 0.25) is 0 Å². The SMILES string of the molecule is Cc1cc(C(C)(C)C)ccc1C(=NO)c1ccc(C(=O)O)cc1. The predicted molar refractivity (Wildman–Crippen MR) is 90.7 cm³/mol. The van der Waals surface area contributed by atoms with E-state index in [1.807, 2.05) is 19.1 Å². The van der Waals surface area contributed by atoms with Gasteiger partial charge in [-0.25, -0.2) is 4.79 Å². The molecule has 0 saturated carbocycles. The Labute approximate surface area is 136 Å². The minimum absolute atomic E-state index is 0.0446. The van der Waals surface area contributed by atoms with Crippen molar-refractivity contribution in [1.82, 2.24) is 0 Å². The van der Waals surface area contributed by atoms with Crippen molar-refractivity contribution >= 4 is 11.7 Å². The molecule has 0 radical (unpaired) electrons. The Hall–Kier alpha value is -2.62. The van der Waals surface area contributed by atoms with Crippen molar-refractivity contribution in [3.05, 3.63) is 70.3 Å². The molecule has 0 fully saturated rings. The number of rotatable bonds is 3. The molecule has 4 nitrogen and oxygen atoms in total. The second-order valence-corrected chi connectivity index (χ2v) is 6.61. The number of oxime groups is 1. The van der Waals surface area contributed by atoms with Crippen molar-refractivity contribution in [1.29, 1.82) is 0 Å². The zero-order valence-corrected chi connectivity index (χ0v) is 13.8. The third-order valence-electron chi connectivity index (χ3n) is 3.85. The van der Waals surface area contributed by atoms with Crippen molar-refractivity contribution in [2.75, 3.05) is 0 Å². The lowest BCUT2D eigenvalue weighted by atomic mass is 9.84. The molecule has 2 aromatic rings. The molecule has 0 heterocycles. The van der Waals surface area contributed by atoms with Crippen LogP contribution in [0, 0.1) is 6.92 Å². The molecule has 0 aliphatic carbocycles. The Balaban J connectivity index is 2.44. The van der Waals surface area contributed by atoms with E-state index in [4.69, 9.17) is 5.11 Å². The Morgan fingerprint density at radius 2 is 1.57 bits per heavy atom. The van der Waals surface area contributed by atoms with E-state index in [0.717, 1.165) is 11.1 Å². The number of hydrogen-bond acceptors (Lipinski definition) is 3. The first-order chi connectivity index (χ1) is 10.7. The van der Waals surface area contributed by atoms with Gasteiger partial charge in [-0.1, -0.05) is 56.3 Å². The zero-order chi connectivity index (χ0) is 17.2. The van der Waals surface area contributed by atoms with Crippen LogP contribution in [0.4, 0.5) is 0 Å². The molecule has 4 heteroatoms. The van der Waals surface area contributed by atoms with Crippen LogP contribution in [0.25, 0.3) is 0 Å². The maximum atomic E-state index is 10.9. The van der Waals surface area contributed by atoms with Gasteiger partial charge in [0, 0.05) is 11.1 Å². The highest BCUT2D eigenvalue weighted by molar-refractivity contribution is 6.13. The van der Waals surface area contributed by atoms with E-state index in [1.54, 1.807) is 12.1 Å². The molecule has 23 heavy (non-hydrogen) atoms. The van der Waals surface area contributed by atoms with Crippen LogP contribution in [0.15, 0.2) is 47.6 Å². The minimum atomic E-state index is -0.982. The van der Waals surface area contributed by atoms with Crippen LogP contribution in [0.1, 0.15) is 53.4 Å². The summed E-state index contributed by atoms with van der Waals surface area (Å²) in [6.45, 7) is 8.41. The lowest BCUT2D eigenvalue weighted by Crippen LogP contribution is -2.13. The summed E-state index contributed by atoms with van der Waals surface area (Å²) in [7, 11) is 0. The lowest BCUT2D eigenvalue weighted by molar-refractivity contribution is 0.0697. The summed E-state index contributed by atoms with van der Waals surface area (Å²) in [4.78, 5) is 10.9. The Morgan fingerprint density at radius 1 is 1.00 bits per heavy atom. The summed E-state index contributed by atoms with van der Waals surface area (Å²) in [5.41, 5.74) is 4.38. The van der Waals surface area contributed by atoms with Gasteiger partial charge < -0.3 is 10.3 Å². The van der Waals surface area contributed by atoms with Crippen LogP contribution in [0.5, 0.6) is 0 Å². The summed E-state index contributed by atoms with van der Waals surface area (Å²) in [6.07, 6.45) is 0. The second kappa shape index (κ2) is 6.24. The first kappa shape index (κ1) is 16.7. The van der Waals surface area contributed by atoms with Crippen molar-refractivity contribution < 1.29 is 15.1 Å². The highest BCUT2D eigenvalue weighted by Crippen LogP contribution is 2.25. The summed E-state index contributed by atoms with van der Waals surface area (Å²) in [5.74, 6) is -0.982. The van der Waals surface area contributed by atoms with Crippen LogP contribution in [0.2, 0.25) is 0 Å². The maximum absolute atomic E-state index is 10.9. The first-order valence-corrected chi connectivity index (χ1v) is 7.41. The summed E-state index contributed by atoms with van der Waals surface area (Å²) in [6, 6.07) is 12.4. The summed E-state index contributed by atoms with van der Waals surface area (Å²) < 4.78 is 0. The van der Waals surface area contributed by atoms with Crippen LogP contribution in [-0.2, 0) is 5.41 Å². The molecule has 0 bridgehead atoms. The predicted octanol–water partition coefficient (Wildman–Crippen LogP) is 4.22. The largest absolute Gasteiger partial charge is 0.478 e. The van der Waals surface area contributed by atoms with Crippen LogP contribution >= 0.6 is 0 Å². The van der Waals surface area contributed by atoms with Crippen LogP contribution < -0.4 is 0 Å². The third-order valence-corrected chi connectivity index (χ3v) is 3.85. The molecule has 2 N–H and O–H groups in total. The van der Waals surface area contributed by atoms with E-state index in [2.05, 4.69) is 32.0 Å². The zero-order valence-electron chi connectivity index (χ0n) is 13.8. The molecule has 0 saturated heterocycles. The maximum Gasteiger partial charge on any atom is 0.335 e. The number of nitrogens with zero attached hydrogens (tertiary/aromatic N) is 1. The fourth-order valence-electron chi connectivity index (χ4n) is 2.43. The molecule has 0 aliphatic heterocycles. The molecule has 0 amide bonds. The molecule has 0 aliphatic rings. The molecular weight excluding hydrogens is 290 g/mol. The number of aryl methyl sites for hydroxylation is 1. The summed E-state index contributed by atoms with van der Waals surface area (Å²) >= 11 is 0. The molecule has 0 aromatic heterocycles. The highest BCUT2D eigenvalue weighted by atomic mass is 16.4. The first-order valence-electron chi connectivity index (χ1n) is 7.41. The van der Waals surface area contributed by atoms with E-state index in [1.165, 1.54) is 17.7 Å². The monoisotopic (exact) mass is 311 g/mol. The van der Waals surface area contributed by atoms with Gasteiger partial charge in [-0.2, -0.15) is 0 Å². The van der Waals surface area contributed by atoms with Crippen molar-refractivity contribution in [2.45, 2.75) is 33.1 Å². The molecule has 2 rings (SSSR count). The molecule has 0 atom stereocenters. The number of carboxylic acids is 1. The van der Waals surface area contributed by atoms with E-state index in [9.17, 15) is 10.0 Å². The molecular formula is C19H21NO3. The summed E-state index contributed by atoms with van der Waals surface area (Å²) in [5, 5.41) is 21.8. The lowest BCUT2D eigenvalue weighted by Gasteiger charge is -2.20. The van der Waals surface area contributed by atoms with Gasteiger partial charge in [0.1, 0.15) is 5.71 Å². The molecule has 0 unspecified atom stereocenters.